The summed E-state index contributed by atoms with van der Waals surface area (Å²) >= 11 is 4.89. The van der Waals surface area contributed by atoms with Gasteiger partial charge in [0.25, 0.3) is 0 Å². The van der Waals surface area contributed by atoms with Gasteiger partial charge in [0.05, 0.1) is 5.69 Å². The lowest BCUT2D eigenvalue weighted by Gasteiger charge is -2.40. The number of hydrogen-bond acceptors (Lipinski definition) is 5. The number of benzene rings is 1. The molecule has 5 nitrogen and oxygen atoms in total. The van der Waals surface area contributed by atoms with Crippen molar-refractivity contribution in [2.75, 3.05) is 19.6 Å². The molecule has 2 rings (SSSR count). The molecule has 0 aliphatic carbocycles. The number of nitrogens with zero attached hydrogens (tertiary/aromatic N) is 3. The molecule has 0 radical (unpaired) electrons. The summed E-state index contributed by atoms with van der Waals surface area (Å²) in [7, 11) is 0. The number of aryl methyl sites for hydroxylation is 1. The van der Waals surface area contributed by atoms with Crippen LogP contribution in [-0.4, -0.2) is 47.2 Å². The molecular formula is C19H29N3O2S. The zero-order chi connectivity index (χ0) is 18.8. The summed E-state index contributed by atoms with van der Waals surface area (Å²) in [6, 6.07) is 4.34. The lowest BCUT2D eigenvalue weighted by molar-refractivity contribution is 0.000542. The van der Waals surface area contributed by atoms with Crippen molar-refractivity contribution in [1.29, 1.82) is 0 Å². The minimum Gasteiger partial charge on any atom is -0.444 e. The second-order valence-corrected chi connectivity index (χ2v) is 8.10. The van der Waals surface area contributed by atoms with E-state index in [2.05, 4.69) is 36.1 Å². The Morgan fingerprint density at radius 2 is 2.00 bits per heavy atom. The fraction of sp³-hybridized carbons (Fsp3) is 0.632. The smallest absolute Gasteiger partial charge is 0.410 e. The normalized spacial score (nSPS) is 19.0. The van der Waals surface area contributed by atoms with Gasteiger partial charge in [-0.1, -0.05) is 6.07 Å². The Kier molecular flexibility index (Phi) is 6.16. The van der Waals surface area contributed by atoms with E-state index < -0.39 is 5.60 Å². The molecule has 0 aromatic heterocycles. The van der Waals surface area contributed by atoms with Gasteiger partial charge in [0, 0.05) is 44.6 Å². The standard InChI is InChI=1S/C19H29N3O2S/c1-13-9-16(15(3)17(10-13)20-25)12-21-7-8-22(14(2)11-21)18(23)24-19(4,5)6/h9-10,14H,7-8,11-12H2,1-6H3/t14-/m0/s1. The molecule has 0 bridgehead atoms. The van der Waals surface area contributed by atoms with Gasteiger partial charge in [-0.2, -0.15) is 4.36 Å². The van der Waals surface area contributed by atoms with Gasteiger partial charge in [0.1, 0.15) is 5.60 Å². The summed E-state index contributed by atoms with van der Waals surface area (Å²) in [5.74, 6) is 0. The second kappa shape index (κ2) is 7.79. The van der Waals surface area contributed by atoms with E-state index >= 15 is 0 Å². The summed E-state index contributed by atoms with van der Waals surface area (Å²) in [5, 5.41) is 0. The molecule has 1 atom stereocenters. The molecule has 6 heteroatoms. The monoisotopic (exact) mass is 363 g/mol. The molecule has 0 unspecified atom stereocenters. The maximum absolute atomic E-state index is 12.3. The average Bonchev–Trinajstić information content (AvgIpc) is 2.48. The maximum Gasteiger partial charge on any atom is 0.410 e. The van der Waals surface area contributed by atoms with Gasteiger partial charge in [-0.25, -0.2) is 4.79 Å². The molecule has 1 fully saturated rings. The molecule has 1 aromatic carbocycles. The number of amides is 1. The van der Waals surface area contributed by atoms with E-state index in [1.807, 2.05) is 31.7 Å². The number of piperazine rings is 1. The zero-order valence-corrected chi connectivity index (χ0v) is 16.9. The number of rotatable bonds is 3. The molecule has 1 aromatic rings. The van der Waals surface area contributed by atoms with Crippen LogP contribution in [0.25, 0.3) is 0 Å². The first kappa shape index (κ1) is 19.8. The van der Waals surface area contributed by atoms with Crippen LogP contribution in [-0.2, 0) is 23.7 Å². The predicted molar refractivity (Wildman–Crippen MR) is 103 cm³/mol. The minimum absolute atomic E-state index is 0.122. The van der Waals surface area contributed by atoms with E-state index in [-0.39, 0.29) is 12.1 Å². The van der Waals surface area contributed by atoms with E-state index in [4.69, 9.17) is 17.2 Å². The van der Waals surface area contributed by atoms with E-state index in [1.165, 1.54) is 11.1 Å². The molecule has 0 spiro atoms. The van der Waals surface area contributed by atoms with E-state index in [9.17, 15) is 4.79 Å². The highest BCUT2D eigenvalue weighted by Crippen LogP contribution is 2.26. The van der Waals surface area contributed by atoms with Crippen LogP contribution in [0.1, 0.15) is 44.4 Å². The summed E-state index contributed by atoms with van der Waals surface area (Å²) in [6.45, 7) is 15.1. The van der Waals surface area contributed by atoms with Crippen LogP contribution in [0.5, 0.6) is 0 Å². The molecular weight excluding hydrogens is 334 g/mol. The molecule has 0 N–H and O–H groups in total. The Hall–Kier alpha value is -1.53. The molecule has 138 valence electrons. The number of hydrogen-bond donors (Lipinski definition) is 0. The Morgan fingerprint density at radius 1 is 1.32 bits per heavy atom. The lowest BCUT2D eigenvalue weighted by atomic mass is 10.0. The molecule has 1 heterocycles. The Bertz CT molecular complexity index is 655. The maximum atomic E-state index is 12.3. The van der Waals surface area contributed by atoms with Crippen molar-refractivity contribution in [3.8, 4) is 0 Å². The molecule has 25 heavy (non-hydrogen) atoms. The van der Waals surface area contributed by atoms with Crippen molar-refractivity contribution in [3.63, 3.8) is 0 Å². The highest BCUT2D eigenvalue weighted by atomic mass is 32.1. The number of ether oxygens (including phenoxy) is 1. The fourth-order valence-electron chi connectivity index (χ4n) is 3.18. The summed E-state index contributed by atoms with van der Waals surface area (Å²) in [4.78, 5) is 16.5. The molecule has 1 aliphatic heterocycles. The van der Waals surface area contributed by atoms with Crippen LogP contribution >= 0.6 is 0 Å². The van der Waals surface area contributed by atoms with Crippen molar-refractivity contribution in [3.05, 3.63) is 28.8 Å². The lowest BCUT2D eigenvalue weighted by Crippen LogP contribution is -2.54. The second-order valence-electron chi connectivity index (χ2n) is 7.92. The average molecular weight is 364 g/mol. The molecule has 1 aliphatic rings. The van der Waals surface area contributed by atoms with Gasteiger partial charge in [-0.15, -0.1) is 0 Å². The highest BCUT2D eigenvalue weighted by Gasteiger charge is 2.30. The van der Waals surface area contributed by atoms with Gasteiger partial charge in [-0.3, -0.25) is 4.90 Å². The topological polar surface area (TPSA) is 45.1 Å². The van der Waals surface area contributed by atoms with Crippen LogP contribution in [0, 0.1) is 13.8 Å². The predicted octanol–water partition coefficient (Wildman–Crippen LogP) is 4.11. The Balaban J connectivity index is 2.03. The first-order valence-electron chi connectivity index (χ1n) is 8.76. The van der Waals surface area contributed by atoms with Gasteiger partial charge in [0.15, 0.2) is 0 Å². The van der Waals surface area contributed by atoms with Crippen LogP contribution < -0.4 is 0 Å². The zero-order valence-electron chi connectivity index (χ0n) is 16.1. The largest absolute Gasteiger partial charge is 0.444 e. The van der Waals surface area contributed by atoms with Crippen molar-refractivity contribution >= 4 is 24.2 Å². The van der Waals surface area contributed by atoms with Crippen molar-refractivity contribution < 1.29 is 9.53 Å². The minimum atomic E-state index is -0.462. The highest BCUT2D eigenvalue weighted by molar-refractivity contribution is 7.47. The Morgan fingerprint density at radius 3 is 2.56 bits per heavy atom. The van der Waals surface area contributed by atoms with E-state index in [0.29, 0.717) is 6.54 Å². The SMILES string of the molecule is Cc1cc(CN2CCN(C(=O)OC(C)(C)C)[C@@H](C)C2)c(C)c(N=S)c1. The summed E-state index contributed by atoms with van der Waals surface area (Å²) in [6.07, 6.45) is -0.224. The van der Waals surface area contributed by atoms with E-state index in [0.717, 1.165) is 30.9 Å². The molecule has 0 saturated carbocycles. The third kappa shape index (κ3) is 5.22. The van der Waals surface area contributed by atoms with Gasteiger partial charge < -0.3 is 9.64 Å². The van der Waals surface area contributed by atoms with Crippen LogP contribution in [0.3, 0.4) is 0 Å². The van der Waals surface area contributed by atoms with Crippen LogP contribution in [0.4, 0.5) is 10.5 Å². The van der Waals surface area contributed by atoms with Gasteiger partial charge in [-0.05, 0) is 64.3 Å². The summed E-state index contributed by atoms with van der Waals surface area (Å²) in [5.41, 5.74) is 3.98. The quantitative estimate of drug-likeness (QED) is 0.811. The van der Waals surface area contributed by atoms with Crippen LogP contribution in [0.15, 0.2) is 16.5 Å². The van der Waals surface area contributed by atoms with Gasteiger partial charge in [0.2, 0.25) is 0 Å². The van der Waals surface area contributed by atoms with Crippen LogP contribution in [0.2, 0.25) is 0 Å². The van der Waals surface area contributed by atoms with Gasteiger partial charge >= 0.3 is 6.09 Å². The molecule has 1 saturated heterocycles. The van der Waals surface area contributed by atoms with Crippen molar-refractivity contribution in [2.45, 2.75) is 59.7 Å². The Labute approximate surface area is 156 Å². The first-order chi connectivity index (χ1) is 11.6. The summed E-state index contributed by atoms with van der Waals surface area (Å²) < 4.78 is 9.48. The number of carbonyl (C=O) groups is 1. The number of carbonyl (C=O) groups excluding carboxylic acids is 1. The van der Waals surface area contributed by atoms with Crippen molar-refractivity contribution in [1.82, 2.24) is 9.80 Å². The third-order valence-corrected chi connectivity index (χ3v) is 4.66. The molecule has 1 amide bonds. The van der Waals surface area contributed by atoms with Crippen molar-refractivity contribution in [2.24, 2.45) is 4.36 Å². The fourth-order valence-corrected chi connectivity index (χ4v) is 3.37. The third-order valence-electron chi connectivity index (χ3n) is 4.46. The first-order valence-corrected chi connectivity index (χ1v) is 9.12. The van der Waals surface area contributed by atoms with E-state index in [1.54, 1.807) is 0 Å².